The third-order valence-corrected chi connectivity index (χ3v) is 2.93. The Morgan fingerprint density at radius 2 is 2.50 bits per heavy atom. The lowest BCUT2D eigenvalue weighted by Crippen LogP contribution is -2.33. The average molecular weight is 219 g/mol. The van der Waals surface area contributed by atoms with Gasteiger partial charge in [0.2, 0.25) is 0 Å². The van der Waals surface area contributed by atoms with Crippen molar-refractivity contribution >= 4 is 5.91 Å². The van der Waals surface area contributed by atoms with E-state index in [0.717, 1.165) is 26.1 Å². The molecule has 0 radical (unpaired) electrons. The molecule has 0 aliphatic carbocycles. The van der Waals surface area contributed by atoms with Gasteiger partial charge in [0.15, 0.2) is 0 Å². The van der Waals surface area contributed by atoms with Crippen molar-refractivity contribution in [1.29, 1.82) is 0 Å². The van der Waals surface area contributed by atoms with E-state index in [2.05, 4.69) is 10.3 Å². The molecule has 0 spiro atoms. The van der Waals surface area contributed by atoms with Crippen molar-refractivity contribution < 1.29 is 4.79 Å². The molecule has 2 rings (SSSR count). The molecule has 1 aromatic rings. The van der Waals surface area contributed by atoms with Crippen LogP contribution in [0.5, 0.6) is 0 Å². The molecule has 1 amide bonds. The first kappa shape index (κ1) is 11.1. The molecule has 4 heteroatoms. The Morgan fingerprint density at radius 3 is 3.12 bits per heavy atom. The predicted molar refractivity (Wildman–Crippen MR) is 62.2 cm³/mol. The molecule has 1 fully saturated rings. The van der Waals surface area contributed by atoms with Gasteiger partial charge in [-0.2, -0.15) is 0 Å². The Labute approximate surface area is 95.7 Å². The summed E-state index contributed by atoms with van der Waals surface area (Å²) in [5, 5.41) is 3.30. The Morgan fingerprint density at radius 1 is 1.62 bits per heavy atom. The quantitative estimate of drug-likeness (QED) is 0.816. The van der Waals surface area contributed by atoms with Crippen LogP contribution in [0.1, 0.15) is 16.9 Å². The molecule has 1 saturated heterocycles. The summed E-state index contributed by atoms with van der Waals surface area (Å²) in [5.74, 6) is 0.588. The third-order valence-electron chi connectivity index (χ3n) is 2.93. The molecule has 0 saturated carbocycles. The van der Waals surface area contributed by atoms with Crippen molar-refractivity contribution in [3.63, 3.8) is 0 Å². The number of hydrogen-bond donors (Lipinski definition) is 1. The minimum atomic E-state index is 0.00694. The summed E-state index contributed by atoms with van der Waals surface area (Å²) in [7, 11) is 1.84. The molecule has 1 aliphatic rings. The van der Waals surface area contributed by atoms with Crippen molar-refractivity contribution in [3.05, 3.63) is 30.1 Å². The Hall–Kier alpha value is -1.42. The minimum absolute atomic E-state index is 0.00694. The standard InChI is InChI=1S/C12H17N3O/c1-15(9-10-5-7-13-8-10)12(16)11-4-2-3-6-14-11/h2-4,6,10,13H,5,7-9H2,1H3. The molecule has 1 unspecified atom stereocenters. The maximum Gasteiger partial charge on any atom is 0.272 e. The van der Waals surface area contributed by atoms with Gasteiger partial charge in [0.25, 0.3) is 5.91 Å². The lowest BCUT2D eigenvalue weighted by Gasteiger charge is -2.20. The van der Waals surface area contributed by atoms with E-state index in [-0.39, 0.29) is 5.91 Å². The number of amides is 1. The first-order valence-electron chi connectivity index (χ1n) is 5.64. The number of carbonyl (C=O) groups is 1. The monoisotopic (exact) mass is 219 g/mol. The molecule has 0 aromatic carbocycles. The lowest BCUT2D eigenvalue weighted by atomic mass is 10.1. The van der Waals surface area contributed by atoms with Crippen molar-refractivity contribution in [2.24, 2.45) is 5.92 Å². The smallest absolute Gasteiger partial charge is 0.272 e. The summed E-state index contributed by atoms with van der Waals surface area (Å²) < 4.78 is 0. The highest BCUT2D eigenvalue weighted by Crippen LogP contribution is 2.10. The minimum Gasteiger partial charge on any atom is -0.340 e. The van der Waals surface area contributed by atoms with Gasteiger partial charge >= 0.3 is 0 Å². The predicted octanol–water partition coefficient (Wildman–Crippen LogP) is 0.763. The fraction of sp³-hybridized carbons (Fsp3) is 0.500. The zero-order chi connectivity index (χ0) is 11.4. The second-order valence-electron chi connectivity index (χ2n) is 4.26. The lowest BCUT2D eigenvalue weighted by molar-refractivity contribution is 0.0770. The summed E-state index contributed by atoms with van der Waals surface area (Å²) in [4.78, 5) is 17.8. The second-order valence-corrected chi connectivity index (χ2v) is 4.26. The molecule has 1 atom stereocenters. The van der Waals surface area contributed by atoms with Gasteiger partial charge in [0, 0.05) is 19.8 Å². The molecule has 16 heavy (non-hydrogen) atoms. The van der Waals surface area contributed by atoms with Crippen LogP contribution in [0.3, 0.4) is 0 Å². The zero-order valence-corrected chi connectivity index (χ0v) is 9.52. The van der Waals surface area contributed by atoms with E-state index in [4.69, 9.17) is 0 Å². The molecular weight excluding hydrogens is 202 g/mol. The Balaban J connectivity index is 1.94. The van der Waals surface area contributed by atoms with Gasteiger partial charge in [0.05, 0.1) is 0 Å². The number of hydrogen-bond acceptors (Lipinski definition) is 3. The van der Waals surface area contributed by atoms with Gasteiger partial charge in [-0.3, -0.25) is 9.78 Å². The maximum atomic E-state index is 12.0. The van der Waals surface area contributed by atoms with Crippen molar-refractivity contribution in [3.8, 4) is 0 Å². The van der Waals surface area contributed by atoms with Crippen LogP contribution in [-0.2, 0) is 0 Å². The van der Waals surface area contributed by atoms with E-state index < -0.39 is 0 Å². The molecule has 0 bridgehead atoms. The van der Waals surface area contributed by atoms with E-state index >= 15 is 0 Å². The second kappa shape index (κ2) is 5.07. The van der Waals surface area contributed by atoms with Gasteiger partial charge in [-0.15, -0.1) is 0 Å². The van der Waals surface area contributed by atoms with Crippen molar-refractivity contribution in [2.45, 2.75) is 6.42 Å². The summed E-state index contributed by atoms with van der Waals surface area (Å²) >= 11 is 0. The van der Waals surface area contributed by atoms with Gasteiger partial charge in [-0.1, -0.05) is 6.07 Å². The molecule has 1 aliphatic heterocycles. The van der Waals surface area contributed by atoms with E-state index in [1.807, 2.05) is 19.2 Å². The van der Waals surface area contributed by atoms with Crippen molar-refractivity contribution in [1.82, 2.24) is 15.2 Å². The number of rotatable bonds is 3. The normalized spacial score (nSPS) is 19.7. The van der Waals surface area contributed by atoms with E-state index in [0.29, 0.717) is 11.6 Å². The van der Waals surface area contributed by atoms with Gasteiger partial charge < -0.3 is 10.2 Å². The molecule has 1 aromatic heterocycles. The maximum absolute atomic E-state index is 12.0. The Bertz CT molecular complexity index is 347. The van der Waals surface area contributed by atoms with Crippen LogP contribution in [0.2, 0.25) is 0 Å². The van der Waals surface area contributed by atoms with Crippen LogP contribution in [0, 0.1) is 5.92 Å². The van der Waals surface area contributed by atoms with E-state index in [9.17, 15) is 4.79 Å². The van der Waals surface area contributed by atoms with Crippen LogP contribution < -0.4 is 5.32 Å². The highest BCUT2D eigenvalue weighted by Gasteiger charge is 2.20. The SMILES string of the molecule is CN(CC1CCNC1)C(=O)c1ccccn1. The van der Waals surface area contributed by atoms with Crippen LogP contribution in [0.25, 0.3) is 0 Å². The molecule has 86 valence electrons. The van der Waals surface area contributed by atoms with E-state index in [1.165, 1.54) is 0 Å². The molecule has 1 N–H and O–H groups in total. The molecular formula is C12H17N3O. The van der Waals surface area contributed by atoms with Crippen LogP contribution in [0.15, 0.2) is 24.4 Å². The molecule has 4 nitrogen and oxygen atoms in total. The number of nitrogens with zero attached hydrogens (tertiary/aromatic N) is 2. The van der Waals surface area contributed by atoms with Gasteiger partial charge in [0.1, 0.15) is 5.69 Å². The van der Waals surface area contributed by atoms with Crippen molar-refractivity contribution in [2.75, 3.05) is 26.7 Å². The van der Waals surface area contributed by atoms with Crippen LogP contribution in [0.4, 0.5) is 0 Å². The van der Waals surface area contributed by atoms with Crippen LogP contribution >= 0.6 is 0 Å². The highest BCUT2D eigenvalue weighted by atomic mass is 16.2. The van der Waals surface area contributed by atoms with Crippen LogP contribution in [-0.4, -0.2) is 42.5 Å². The first-order chi connectivity index (χ1) is 7.77. The number of carbonyl (C=O) groups excluding carboxylic acids is 1. The summed E-state index contributed by atoms with van der Waals surface area (Å²) in [6.45, 7) is 2.89. The fourth-order valence-corrected chi connectivity index (χ4v) is 2.03. The number of aromatic nitrogens is 1. The fourth-order valence-electron chi connectivity index (χ4n) is 2.03. The molecule has 2 heterocycles. The van der Waals surface area contributed by atoms with Gasteiger partial charge in [-0.05, 0) is 37.6 Å². The number of pyridine rings is 1. The highest BCUT2D eigenvalue weighted by molar-refractivity contribution is 5.92. The zero-order valence-electron chi connectivity index (χ0n) is 9.52. The summed E-state index contributed by atoms with van der Waals surface area (Å²) in [6, 6.07) is 5.41. The van der Waals surface area contributed by atoms with Gasteiger partial charge in [-0.25, -0.2) is 0 Å². The first-order valence-corrected chi connectivity index (χ1v) is 5.64. The summed E-state index contributed by atoms with van der Waals surface area (Å²) in [5.41, 5.74) is 0.524. The summed E-state index contributed by atoms with van der Waals surface area (Å²) in [6.07, 6.45) is 2.80. The third kappa shape index (κ3) is 2.58. The largest absolute Gasteiger partial charge is 0.340 e. The topological polar surface area (TPSA) is 45.2 Å². The van der Waals surface area contributed by atoms with E-state index in [1.54, 1.807) is 17.2 Å². The number of nitrogens with one attached hydrogen (secondary N) is 1. The Kier molecular flexibility index (Phi) is 3.51. The average Bonchev–Trinajstić information content (AvgIpc) is 2.82.